The molecule has 4 nitrogen and oxygen atoms in total. The summed E-state index contributed by atoms with van der Waals surface area (Å²) >= 11 is 0. The predicted molar refractivity (Wildman–Crippen MR) is 86.6 cm³/mol. The number of ether oxygens (including phenoxy) is 1. The van der Waals surface area contributed by atoms with Gasteiger partial charge in [-0.15, -0.1) is 0 Å². The Labute approximate surface area is 128 Å². The third-order valence-electron chi connectivity index (χ3n) is 4.38. The van der Waals surface area contributed by atoms with Crippen LogP contribution in [0.3, 0.4) is 0 Å². The van der Waals surface area contributed by atoms with Gasteiger partial charge in [0, 0.05) is 49.5 Å². The summed E-state index contributed by atoms with van der Waals surface area (Å²) in [5.41, 5.74) is 2.13. The zero-order valence-electron chi connectivity index (χ0n) is 14.0. The number of hydrogen-bond acceptors (Lipinski definition) is 4. The molecule has 0 saturated carbocycles. The molecule has 2 atom stereocenters. The van der Waals surface area contributed by atoms with Crippen LogP contribution in [-0.2, 0) is 6.54 Å². The van der Waals surface area contributed by atoms with Crippen LogP contribution in [0.4, 0.5) is 0 Å². The van der Waals surface area contributed by atoms with Crippen molar-refractivity contribution in [3.63, 3.8) is 0 Å². The van der Waals surface area contributed by atoms with Crippen LogP contribution in [0.1, 0.15) is 38.6 Å². The lowest BCUT2D eigenvalue weighted by molar-refractivity contribution is 0.0887. The molecule has 1 fully saturated rings. The molecule has 0 aliphatic carbocycles. The van der Waals surface area contributed by atoms with Gasteiger partial charge in [0.1, 0.15) is 5.75 Å². The minimum absolute atomic E-state index is 0.570. The first kappa shape index (κ1) is 16.2. The Hall–Kier alpha value is -1.13. The summed E-state index contributed by atoms with van der Waals surface area (Å²) in [5, 5.41) is 3.66. The molecule has 0 bridgehead atoms. The van der Waals surface area contributed by atoms with Gasteiger partial charge in [-0.2, -0.15) is 0 Å². The Morgan fingerprint density at radius 2 is 2.19 bits per heavy atom. The molecule has 0 radical (unpaired) electrons. The summed E-state index contributed by atoms with van der Waals surface area (Å²) in [4.78, 5) is 7.26. The van der Waals surface area contributed by atoms with Crippen LogP contribution in [0.25, 0.3) is 0 Å². The highest BCUT2D eigenvalue weighted by Gasteiger charge is 2.29. The van der Waals surface area contributed by atoms with Crippen LogP contribution in [0, 0.1) is 12.8 Å². The topological polar surface area (TPSA) is 37.4 Å². The van der Waals surface area contributed by atoms with E-state index in [1.165, 1.54) is 6.42 Å². The molecule has 1 aromatic rings. The quantitative estimate of drug-likeness (QED) is 0.905. The number of methoxy groups -OCH3 is 1. The first-order chi connectivity index (χ1) is 10.0. The van der Waals surface area contributed by atoms with E-state index in [1.54, 1.807) is 7.11 Å². The second kappa shape index (κ2) is 7.23. The predicted octanol–water partition coefficient (Wildman–Crippen LogP) is 2.61. The van der Waals surface area contributed by atoms with Gasteiger partial charge in [0.25, 0.3) is 0 Å². The van der Waals surface area contributed by atoms with E-state index in [0.29, 0.717) is 18.0 Å². The van der Waals surface area contributed by atoms with E-state index in [2.05, 4.69) is 42.0 Å². The molecule has 1 aliphatic rings. The van der Waals surface area contributed by atoms with Crippen LogP contribution in [0.15, 0.2) is 12.1 Å². The lowest BCUT2D eigenvalue weighted by Gasteiger charge is -2.42. The van der Waals surface area contributed by atoms with Gasteiger partial charge < -0.3 is 10.1 Å². The third kappa shape index (κ3) is 4.17. The largest absolute Gasteiger partial charge is 0.497 e. The average molecular weight is 291 g/mol. The van der Waals surface area contributed by atoms with E-state index in [9.17, 15) is 0 Å². The third-order valence-corrected chi connectivity index (χ3v) is 4.38. The number of rotatable bonds is 5. The van der Waals surface area contributed by atoms with E-state index in [-0.39, 0.29) is 0 Å². The van der Waals surface area contributed by atoms with Crippen molar-refractivity contribution in [1.29, 1.82) is 0 Å². The fourth-order valence-electron chi connectivity index (χ4n) is 3.12. The number of nitrogens with one attached hydrogen (secondary N) is 1. The summed E-state index contributed by atoms with van der Waals surface area (Å²) < 4.78 is 5.37. The molecule has 0 amide bonds. The second-order valence-corrected chi connectivity index (χ2v) is 6.39. The summed E-state index contributed by atoms with van der Waals surface area (Å²) in [6.07, 6.45) is 1.17. The van der Waals surface area contributed by atoms with Crippen molar-refractivity contribution < 1.29 is 4.74 Å². The van der Waals surface area contributed by atoms with Crippen molar-refractivity contribution in [2.45, 2.75) is 52.7 Å². The van der Waals surface area contributed by atoms with E-state index in [0.717, 1.165) is 36.8 Å². The number of piperazine rings is 1. The van der Waals surface area contributed by atoms with Gasteiger partial charge in [-0.3, -0.25) is 9.88 Å². The first-order valence-corrected chi connectivity index (χ1v) is 8.02. The van der Waals surface area contributed by atoms with Gasteiger partial charge in [0.05, 0.1) is 12.8 Å². The van der Waals surface area contributed by atoms with Crippen LogP contribution in [0.2, 0.25) is 0 Å². The van der Waals surface area contributed by atoms with E-state index >= 15 is 0 Å². The molecule has 2 rings (SSSR count). The zero-order valence-corrected chi connectivity index (χ0v) is 14.0. The van der Waals surface area contributed by atoms with E-state index in [4.69, 9.17) is 4.74 Å². The summed E-state index contributed by atoms with van der Waals surface area (Å²) in [5.74, 6) is 1.54. The van der Waals surface area contributed by atoms with Crippen LogP contribution in [-0.4, -0.2) is 42.2 Å². The lowest BCUT2D eigenvalue weighted by atomic mass is 9.97. The Kier molecular flexibility index (Phi) is 5.59. The number of aryl methyl sites for hydroxylation is 1. The monoisotopic (exact) mass is 291 g/mol. The summed E-state index contributed by atoms with van der Waals surface area (Å²) in [6, 6.07) is 5.21. The van der Waals surface area contributed by atoms with Crippen LogP contribution >= 0.6 is 0 Å². The molecule has 118 valence electrons. The Balaban J connectivity index is 2.15. The van der Waals surface area contributed by atoms with Gasteiger partial charge in [-0.05, 0) is 19.3 Å². The van der Waals surface area contributed by atoms with E-state index < -0.39 is 0 Å². The minimum atomic E-state index is 0.570. The maximum Gasteiger partial charge on any atom is 0.122 e. The summed E-state index contributed by atoms with van der Waals surface area (Å²) in [6.45, 7) is 11.9. The fraction of sp³-hybridized carbons (Fsp3) is 0.706. The normalized spacial score (nSPS) is 23.5. The highest BCUT2D eigenvalue weighted by atomic mass is 16.5. The highest BCUT2D eigenvalue weighted by molar-refractivity contribution is 5.26. The molecule has 4 heteroatoms. The Bertz CT molecular complexity index is 461. The Morgan fingerprint density at radius 1 is 1.43 bits per heavy atom. The van der Waals surface area contributed by atoms with Gasteiger partial charge in [-0.25, -0.2) is 0 Å². The molecule has 1 aromatic heterocycles. The van der Waals surface area contributed by atoms with Crippen LogP contribution < -0.4 is 10.1 Å². The molecule has 2 heterocycles. The molecule has 1 saturated heterocycles. The zero-order chi connectivity index (χ0) is 15.4. The highest BCUT2D eigenvalue weighted by Crippen LogP contribution is 2.21. The number of pyridine rings is 1. The molecule has 21 heavy (non-hydrogen) atoms. The fourth-order valence-corrected chi connectivity index (χ4v) is 3.12. The Morgan fingerprint density at radius 3 is 2.81 bits per heavy atom. The van der Waals surface area contributed by atoms with Crippen molar-refractivity contribution in [3.8, 4) is 5.75 Å². The number of nitrogens with zero attached hydrogens (tertiary/aromatic N) is 2. The molecule has 0 aromatic carbocycles. The maximum atomic E-state index is 5.37. The van der Waals surface area contributed by atoms with Crippen LogP contribution in [0.5, 0.6) is 5.75 Å². The molecule has 2 unspecified atom stereocenters. The van der Waals surface area contributed by atoms with Crippen molar-refractivity contribution in [3.05, 3.63) is 23.5 Å². The van der Waals surface area contributed by atoms with Gasteiger partial charge in [0.2, 0.25) is 0 Å². The van der Waals surface area contributed by atoms with Gasteiger partial charge in [0.15, 0.2) is 0 Å². The smallest absolute Gasteiger partial charge is 0.122 e. The lowest BCUT2D eigenvalue weighted by Crippen LogP contribution is -2.57. The maximum absolute atomic E-state index is 5.37. The molecule has 1 aliphatic heterocycles. The van der Waals surface area contributed by atoms with Crippen molar-refractivity contribution in [1.82, 2.24) is 15.2 Å². The molecule has 0 spiro atoms. The first-order valence-electron chi connectivity index (χ1n) is 8.02. The average Bonchev–Trinajstić information content (AvgIpc) is 2.46. The number of aromatic nitrogens is 1. The standard InChI is InChI=1S/C17H29N3O/c1-6-14-10-20(17(9-18-14)12(2)3)11-15-8-16(21-5)7-13(4)19-15/h7-8,12,14,17-18H,6,9-11H2,1-5H3. The number of hydrogen-bond donors (Lipinski definition) is 1. The van der Waals surface area contributed by atoms with Gasteiger partial charge in [-0.1, -0.05) is 20.8 Å². The SMILES string of the molecule is CCC1CN(Cc2cc(OC)cc(C)n2)C(C(C)C)CN1. The van der Waals surface area contributed by atoms with Crippen molar-refractivity contribution in [2.75, 3.05) is 20.2 Å². The second-order valence-electron chi connectivity index (χ2n) is 6.39. The minimum Gasteiger partial charge on any atom is -0.497 e. The molecule has 1 N–H and O–H groups in total. The van der Waals surface area contributed by atoms with E-state index in [1.807, 2.05) is 13.0 Å². The van der Waals surface area contributed by atoms with Gasteiger partial charge >= 0.3 is 0 Å². The summed E-state index contributed by atoms with van der Waals surface area (Å²) in [7, 11) is 1.72. The van der Waals surface area contributed by atoms with Crippen molar-refractivity contribution >= 4 is 0 Å². The molecular weight excluding hydrogens is 262 g/mol. The van der Waals surface area contributed by atoms with Crippen molar-refractivity contribution in [2.24, 2.45) is 5.92 Å². The molecular formula is C17H29N3O.